The third-order valence-electron chi connectivity index (χ3n) is 4.73. The van der Waals surface area contributed by atoms with Crippen molar-refractivity contribution < 1.29 is 9.53 Å². The molecule has 2 fully saturated rings. The molecule has 1 spiro atoms. The maximum absolute atomic E-state index is 12.9. The van der Waals surface area contributed by atoms with Gasteiger partial charge < -0.3 is 4.74 Å². The Morgan fingerprint density at radius 3 is 2.90 bits per heavy atom. The van der Waals surface area contributed by atoms with Crippen LogP contribution in [0, 0.1) is 12.8 Å². The van der Waals surface area contributed by atoms with Crippen molar-refractivity contribution in [3.8, 4) is 0 Å². The Balaban J connectivity index is 1.79. The molecule has 2 nitrogen and oxygen atoms in total. The summed E-state index contributed by atoms with van der Waals surface area (Å²) in [4.78, 5) is 12.9. The highest BCUT2D eigenvalue weighted by molar-refractivity contribution is 9.10. The zero-order chi connectivity index (χ0) is 14.9. The van der Waals surface area contributed by atoms with Crippen LogP contribution >= 0.6 is 27.7 Å². The summed E-state index contributed by atoms with van der Waals surface area (Å²) in [6, 6.07) is 5.95. The number of aryl methyl sites for hydroxylation is 1. The van der Waals surface area contributed by atoms with E-state index < -0.39 is 0 Å². The second kappa shape index (κ2) is 6.43. The molecule has 0 amide bonds. The van der Waals surface area contributed by atoms with Gasteiger partial charge in [0.1, 0.15) is 0 Å². The van der Waals surface area contributed by atoms with Crippen LogP contribution < -0.4 is 0 Å². The van der Waals surface area contributed by atoms with E-state index in [1.807, 2.05) is 36.9 Å². The summed E-state index contributed by atoms with van der Waals surface area (Å²) in [5.74, 6) is 2.72. The van der Waals surface area contributed by atoms with Crippen molar-refractivity contribution in [3.05, 3.63) is 33.8 Å². The van der Waals surface area contributed by atoms with Gasteiger partial charge in [0.25, 0.3) is 0 Å². The summed E-state index contributed by atoms with van der Waals surface area (Å²) in [6.45, 7) is 2.76. The molecule has 2 saturated heterocycles. The van der Waals surface area contributed by atoms with Crippen molar-refractivity contribution in [2.45, 2.75) is 38.2 Å². The fourth-order valence-electron chi connectivity index (χ4n) is 3.40. The van der Waals surface area contributed by atoms with E-state index >= 15 is 0 Å². The lowest BCUT2D eigenvalue weighted by atomic mass is 9.78. The third-order valence-corrected chi connectivity index (χ3v) is 6.76. The number of carbonyl (C=O) groups is 1. The average Bonchev–Trinajstić information content (AvgIpc) is 2.50. The fraction of sp³-hybridized carbons (Fsp3) is 0.588. The fourth-order valence-corrected chi connectivity index (χ4v) is 5.10. The van der Waals surface area contributed by atoms with Crippen molar-refractivity contribution in [2.75, 3.05) is 18.1 Å². The summed E-state index contributed by atoms with van der Waals surface area (Å²) in [6.07, 6.45) is 3.94. The van der Waals surface area contributed by atoms with Gasteiger partial charge in [0.05, 0.1) is 5.60 Å². The molecular weight excluding hydrogens is 348 g/mol. The summed E-state index contributed by atoms with van der Waals surface area (Å²) in [5.41, 5.74) is 1.93. The van der Waals surface area contributed by atoms with Crippen molar-refractivity contribution in [2.24, 2.45) is 5.92 Å². The number of ether oxygens (including phenoxy) is 1. The molecule has 114 valence electrons. The van der Waals surface area contributed by atoms with Gasteiger partial charge in [0, 0.05) is 22.6 Å². The van der Waals surface area contributed by atoms with Gasteiger partial charge in [-0.3, -0.25) is 4.79 Å². The lowest BCUT2D eigenvalue weighted by Gasteiger charge is -2.43. The Labute approximate surface area is 139 Å². The summed E-state index contributed by atoms with van der Waals surface area (Å²) >= 11 is 5.58. The number of ketones is 1. The van der Waals surface area contributed by atoms with Crippen LogP contribution in [-0.4, -0.2) is 29.5 Å². The number of thioether (sulfide) groups is 1. The summed E-state index contributed by atoms with van der Waals surface area (Å²) < 4.78 is 7.05. The normalized spacial score (nSPS) is 25.0. The van der Waals surface area contributed by atoms with Gasteiger partial charge in [-0.1, -0.05) is 18.2 Å². The highest BCUT2D eigenvalue weighted by Crippen LogP contribution is 2.41. The molecule has 1 unspecified atom stereocenters. The molecule has 0 bridgehead atoms. The average molecular weight is 369 g/mol. The van der Waals surface area contributed by atoms with Crippen molar-refractivity contribution in [3.63, 3.8) is 0 Å². The maximum atomic E-state index is 12.9. The van der Waals surface area contributed by atoms with Gasteiger partial charge in [-0.05, 0) is 65.6 Å². The Hall–Kier alpha value is -0.320. The van der Waals surface area contributed by atoms with Gasteiger partial charge in [-0.2, -0.15) is 11.8 Å². The van der Waals surface area contributed by atoms with Crippen molar-refractivity contribution in [1.82, 2.24) is 0 Å². The summed E-state index contributed by atoms with van der Waals surface area (Å²) in [5, 5.41) is 0. The quantitative estimate of drug-likeness (QED) is 0.711. The van der Waals surface area contributed by atoms with Gasteiger partial charge in [-0.25, -0.2) is 0 Å². The second-order valence-corrected chi connectivity index (χ2v) is 8.15. The molecule has 1 aromatic rings. The molecule has 3 rings (SSSR count). The van der Waals surface area contributed by atoms with Crippen LogP contribution in [0.25, 0.3) is 0 Å². The standard InChI is InChI=1S/C17H21BrO2S/c1-12-3-2-4-14(15(12)18)16(19)13-5-8-20-17(11-13)6-9-21-10-7-17/h2-4,13H,5-11H2,1H3. The first-order valence-electron chi connectivity index (χ1n) is 7.62. The zero-order valence-corrected chi connectivity index (χ0v) is 14.8. The second-order valence-electron chi connectivity index (χ2n) is 6.13. The molecule has 2 heterocycles. The van der Waals surface area contributed by atoms with Gasteiger partial charge in [0.2, 0.25) is 0 Å². The Morgan fingerprint density at radius 1 is 1.38 bits per heavy atom. The molecule has 0 saturated carbocycles. The van der Waals surface area contributed by atoms with E-state index in [-0.39, 0.29) is 17.3 Å². The van der Waals surface area contributed by atoms with E-state index in [4.69, 9.17) is 4.74 Å². The third kappa shape index (κ3) is 3.22. The molecule has 1 atom stereocenters. The van der Waals surface area contributed by atoms with Crippen LogP contribution in [0.5, 0.6) is 0 Å². The zero-order valence-electron chi connectivity index (χ0n) is 12.4. The molecular formula is C17H21BrO2S. The highest BCUT2D eigenvalue weighted by atomic mass is 79.9. The number of rotatable bonds is 2. The first kappa shape index (κ1) is 15.6. The van der Waals surface area contributed by atoms with Crippen LogP contribution in [0.3, 0.4) is 0 Å². The van der Waals surface area contributed by atoms with Crippen LogP contribution in [0.15, 0.2) is 22.7 Å². The molecule has 21 heavy (non-hydrogen) atoms. The Kier molecular flexibility index (Phi) is 4.77. The number of hydrogen-bond donors (Lipinski definition) is 0. The predicted octanol–water partition coefficient (Wildman–Crippen LogP) is 4.63. The number of hydrogen-bond acceptors (Lipinski definition) is 3. The minimum absolute atomic E-state index is 0.0277. The van der Waals surface area contributed by atoms with Crippen LogP contribution in [0.1, 0.15) is 41.6 Å². The topological polar surface area (TPSA) is 26.3 Å². The summed E-state index contributed by atoms with van der Waals surface area (Å²) in [7, 11) is 0. The number of benzene rings is 1. The first-order valence-corrected chi connectivity index (χ1v) is 9.57. The van der Waals surface area contributed by atoms with Crippen LogP contribution in [0.2, 0.25) is 0 Å². The molecule has 0 aromatic heterocycles. The molecule has 2 aliphatic rings. The number of halogens is 1. The lowest BCUT2D eigenvalue weighted by Crippen LogP contribution is -2.44. The van der Waals surface area contributed by atoms with Gasteiger partial charge in [-0.15, -0.1) is 0 Å². The van der Waals surface area contributed by atoms with E-state index in [2.05, 4.69) is 15.9 Å². The largest absolute Gasteiger partial charge is 0.375 e. The van der Waals surface area contributed by atoms with Gasteiger partial charge >= 0.3 is 0 Å². The van der Waals surface area contributed by atoms with E-state index in [9.17, 15) is 4.79 Å². The monoisotopic (exact) mass is 368 g/mol. The molecule has 1 aromatic carbocycles. The predicted molar refractivity (Wildman–Crippen MR) is 91.2 cm³/mol. The van der Waals surface area contributed by atoms with Gasteiger partial charge in [0.15, 0.2) is 5.78 Å². The molecule has 4 heteroatoms. The van der Waals surface area contributed by atoms with E-state index in [0.29, 0.717) is 0 Å². The molecule has 0 N–H and O–H groups in total. The Morgan fingerprint density at radius 2 is 2.14 bits per heavy atom. The number of carbonyl (C=O) groups excluding carboxylic acids is 1. The van der Waals surface area contributed by atoms with E-state index in [1.54, 1.807) is 0 Å². The van der Waals surface area contributed by atoms with Crippen molar-refractivity contribution in [1.29, 1.82) is 0 Å². The van der Waals surface area contributed by atoms with E-state index in [0.717, 1.165) is 59.4 Å². The molecule has 2 aliphatic heterocycles. The lowest BCUT2D eigenvalue weighted by molar-refractivity contribution is -0.0959. The SMILES string of the molecule is Cc1cccc(C(=O)C2CCOC3(CCSCC3)C2)c1Br. The van der Waals surface area contributed by atoms with Crippen LogP contribution in [-0.2, 0) is 4.74 Å². The minimum atomic E-state index is -0.0277. The Bertz CT molecular complexity index is 532. The highest BCUT2D eigenvalue weighted by Gasteiger charge is 2.41. The minimum Gasteiger partial charge on any atom is -0.375 e. The first-order chi connectivity index (χ1) is 10.1. The van der Waals surface area contributed by atoms with Crippen LogP contribution in [0.4, 0.5) is 0 Å². The number of Topliss-reactive ketones (excluding diaryl/α,β-unsaturated/α-hetero) is 1. The molecule has 0 radical (unpaired) electrons. The van der Waals surface area contributed by atoms with E-state index in [1.165, 1.54) is 0 Å². The maximum Gasteiger partial charge on any atom is 0.167 e. The van der Waals surface area contributed by atoms with Crippen molar-refractivity contribution >= 4 is 33.5 Å². The smallest absolute Gasteiger partial charge is 0.167 e. The molecule has 0 aliphatic carbocycles.